The van der Waals surface area contributed by atoms with E-state index in [0.717, 1.165) is 36.9 Å². The van der Waals surface area contributed by atoms with Crippen molar-refractivity contribution in [2.45, 2.75) is 19.9 Å². The van der Waals surface area contributed by atoms with E-state index < -0.39 is 0 Å². The first kappa shape index (κ1) is 19.8. The van der Waals surface area contributed by atoms with Gasteiger partial charge in [0.2, 0.25) is 0 Å². The van der Waals surface area contributed by atoms with Gasteiger partial charge in [-0.25, -0.2) is 0 Å². The molecule has 0 radical (unpaired) electrons. The van der Waals surface area contributed by atoms with Gasteiger partial charge in [-0.1, -0.05) is 6.07 Å². The topological polar surface area (TPSA) is 64.0 Å². The van der Waals surface area contributed by atoms with Gasteiger partial charge in [-0.15, -0.1) is 11.3 Å². The van der Waals surface area contributed by atoms with Crippen molar-refractivity contribution in [3.63, 3.8) is 0 Å². The molecular formula is C22H28N4O2S+2. The highest BCUT2D eigenvalue weighted by atomic mass is 32.1. The Labute approximate surface area is 175 Å². The number of amides is 1. The van der Waals surface area contributed by atoms with Gasteiger partial charge in [-0.2, -0.15) is 0 Å². The summed E-state index contributed by atoms with van der Waals surface area (Å²) in [4.78, 5) is 21.7. The molecule has 1 unspecified atom stereocenters. The molecule has 6 nitrogen and oxygen atoms in total. The van der Waals surface area contributed by atoms with Gasteiger partial charge in [-0.3, -0.25) is 9.78 Å². The summed E-state index contributed by atoms with van der Waals surface area (Å²) in [5, 5.41) is 4.01. The van der Waals surface area contributed by atoms with E-state index in [1.807, 2.05) is 18.3 Å². The summed E-state index contributed by atoms with van der Waals surface area (Å²) in [5.41, 5.74) is 3.47. The van der Waals surface area contributed by atoms with Crippen LogP contribution in [0.2, 0.25) is 0 Å². The van der Waals surface area contributed by atoms with Crippen LogP contribution in [-0.4, -0.2) is 44.1 Å². The Morgan fingerprint density at radius 1 is 1.17 bits per heavy atom. The Bertz CT molecular complexity index is 960. The summed E-state index contributed by atoms with van der Waals surface area (Å²) >= 11 is 1.63. The molecule has 1 fully saturated rings. The molecule has 1 aliphatic heterocycles. The number of carbonyl (C=O) groups excluding carboxylic acids is 1. The highest BCUT2D eigenvalue weighted by Crippen LogP contribution is 2.38. The first-order chi connectivity index (χ1) is 14.0. The number of anilines is 1. The molecule has 3 aromatic heterocycles. The van der Waals surface area contributed by atoms with E-state index >= 15 is 0 Å². The van der Waals surface area contributed by atoms with Gasteiger partial charge in [0.15, 0.2) is 11.8 Å². The Balaban J connectivity index is 1.75. The van der Waals surface area contributed by atoms with E-state index in [1.165, 1.54) is 27.2 Å². The average molecular weight is 413 g/mol. The van der Waals surface area contributed by atoms with Crippen LogP contribution in [0.15, 0.2) is 47.2 Å². The van der Waals surface area contributed by atoms with Crippen LogP contribution in [0.25, 0.3) is 0 Å². The normalized spacial score (nSPS) is 20.4. The Morgan fingerprint density at radius 2 is 1.97 bits per heavy atom. The van der Waals surface area contributed by atoms with Crippen LogP contribution in [0, 0.1) is 13.8 Å². The largest absolute Gasteiger partial charge is 0.459 e. The number of aromatic nitrogens is 1. The third-order valence-corrected chi connectivity index (χ3v) is 6.97. The molecule has 7 heteroatoms. The number of rotatable bonds is 5. The minimum absolute atomic E-state index is 0.0983. The fourth-order valence-electron chi connectivity index (χ4n) is 4.05. The number of piperazine rings is 1. The molecule has 0 saturated carbocycles. The lowest BCUT2D eigenvalue weighted by atomic mass is 9.97. The van der Waals surface area contributed by atoms with Crippen molar-refractivity contribution in [1.29, 1.82) is 0 Å². The summed E-state index contributed by atoms with van der Waals surface area (Å²) in [6.45, 7) is 8.69. The van der Waals surface area contributed by atoms with Crippen LogP contribution < -0.4 is 15.1 Å². The number of carbonyl (C=O) groups is 1. The standard InChI is InChI=1S/C22H26N4O2S/c1-15-16(2)29-22(24-21(27)18-8-6-14-28-18)19(15)20(17-7-4-5-9-23-17)26-12-10-25(3)11-13-26/h4-9,14,20H,10-13H2,1-3H3,(H,24,27)/p+2. The van der Waals surface area contributed by atoms with Crippen molar-refractivity contribution < 1.29 is 19.0 Å². The van der Waals surface area contributed by atoms with Gasteiger partial charge in [0.25, 0.3) is 5.91 Å². The molecular weight excluding hydrogens is 384 g/mol. The van der Waals surface area contributed by atoms with Crippen molar-refractivity contribution in [3.05, 3.63) is 70.3 Å². The van der Waals surface area contributed by atoms with Gasteiger partial charge in [0.05, 0.1) is 18.9 Å². The Hall–Kier alpha value is -2.48. The van der Waals surface area contributed by atoms with E-state index in [0.29, 0.717) is 5.76 Å². The minimum Gasteiger partial charge on any atom is -0.459 e. The quantitative estimate of drug-likeness (QED) is 0.588. The molecule has 3 N–H and O–H groups in total. The zero-order chi connectivity index (χ0) is 20.4. The van der Waals surface area contributed by atoms with Crippen LogP contribution in [0.4, 0.5) is 5.00 Å². The maximum absolute atomic E-state index is 12.7. The van der Waals surface area contributed by atoms with Crippen LogP contribution in [-0.2, 0) is 0 Å². The molecule has 1 atom stereocenters. The average Bonchev–Trinajstić information content (AvgIpc) is 3.35. The molecule has 29 heavy (non-hydrogen) atoms. The van der Waals surface area contributed by atoms with Crippen LogP contribution in [0.5, 0.6) is 0 Å². The molecule has 0 aliphatic carbocycles. The molecule has 152 valence electrons. The smallest absolute Gasteiger partial charge is 0.291 e. The highest BCUT2D eigenvalue weighted by Gasteiger charge is 2.36. The highest BCUT2D eigenvalue weighted by molar-refractivity contribution is 7.16. The molecule has 1 amide bonds. The maximum Gasteiger partial charge on any atom is 0.291 e. The zero-order valence-electron chi connectivity index (χ0n) is 17.1. The lowest BCUT2D eigenvalue weighted by Crippen LogP contribution is -3.27. The van der Waals surface area contributed by atoms with Gasteiger partial charge in [0.1, 0.15) is 36.9 Å². The zero-order valence-corrected chi connectivity index (χ0v) is 17.9. The van der Waals surface area contributed by atoms with Gasteiger partial charge in [0, 0.05) is 11.1 Å². The number of hydrogen-bond acceptors (Lipinski definition) is 4. The first-order valence-corrected chi connectivity index (χ1v) is 10.9. The number of pyridine rings is 1. The second-order valence-electron chi connectivity index (χ2n) is 7.76. The number of hydrogen-bond donors (Lipinski definition) is 3. The second-order valence-corrected chi connectivity index (χ2v) is 8.99. The molecule has 4 rings (SSSR count). The van der Waals surface area contributed by atoms with Gasteiger partial charge in [-0.05, 0) is 43.7 Å². The second kappa shape index (κ2) is 8.49. The number of furan rings is 1. The fourth-order valence-corrected chi connectivity index (χ4v) is 5.15. The molecule has 1 saturated heterocycles. The number of thiophene rings is 1. The van der Waals surface area contributed by atoms with Crippen molar-refractivity contribution in [2.24, 2.45) is 0 Å². The van der Waals surface area contributed by atoms with Crippen molar-refractivity contribution in [1.82, 2.24) is 4.98 Å². The van der Waals surface area contributed by atoms with Crippen LogP contribution >= 0.6 is 11.3 Å². The number of likely N-dealkylation sites (N-methyl/N-ethyl adjacent to an activating group) is 1. The summed E-state index contributed by atoms with van der Waals surface area (Å²) in [6, 6.07) is 9.62. The predicted octanol–water partition coefficient (Wildman–Crippen LogP) is 1.11. The van der Waals surface area contributed by atoms with E-state index in [9.17, 15) is 4.79 Å². The van der Waals surface area contributed by atoms with Gasteiger partial charge < -0.3 is 19.5 Å². The first-order valence-electron chi connectivity index (χ1n) is 10.1. The third-order valence-electron chi connectivity index (χ3n) is 5.83. The SMILES string of the molecule is Cc1sc(NC(=O)c2ccco2)c(C(c2ccccn2)[NH+]2CC[NH+](C)CC2)c1C. The van der Waals surface area contributed by atoms with E-state index in [2.05, 4.69) is 32.3 Å². The third kappa shape index (κ3) is 4.12. The van der Waals surface area contributed by atoms with E-state index in [-0.39, 0.29) is 11.9 Å². The minimum atomic E-state index is -0.213. The number of nitrogens with zero attached hydrogens (tertiary/aromatic N) is 1. The lowest BCUT2D eigenvalue weighted by molar-refractivity contribution is -1.02. The Kier molecular flexibility index (Phi) is 5.80. The van der Waals surface area contributed by atoms with Crippen molar-refractivity contribution >= 4 is 22.2 Å². The molecule has 0 aromatic carbocycles. The van der Waals surface area contributed by atoms with Crippen molar-refractivity contribution in [3.8, 4) is 0 Å². The lowest BCUT2D eigenvalue weighted by Gasteiger charge is -2.33. The molecule has 4 heterocycles. The summed E-state index contributed by atoms with van der Waals surface area (Å²) in [6.07, 6.45) is 3.38. The summed E-state index contributed by atoms with van der Waals surface area (Å²) in [5.74, 6) is 0.111. The fraction of sp³-hybridized carbons (Fsp3) is 0.364. The monoisotopic (exact) mass is 412 g/mol. The number of quaternary nitrogens is 2. The summed E-state index contributed by atoms with van der Waals surface area (Å²) in [7, 11) is 2.25. The number of nitrogens with one attached hydrogen (secondary N) is 3. The van der Waals surface area contributed by atoms with E-state index in [1.54, 1.807) is 28.4 Å². The molecule has 0 spiro atoms. The maximum atomic E-state index is 12.7. The van der Waals surface area contributed by atoms with Crippen molar-refractivity contribution in [2.75, 3.05) is 38.5 Å². The molecule has 1 aliphatic rings. The van der Waals surface area contributed by atoms with E-state index in [4.69, 9.17) is 9.40 Å². The van der Waals surface area contributed by atoms with Crippen LogP contribution in [0.3, 0.4) is 0 Å². The molecule has 3 aromatic rings. The van der Waals surface area contributed by atoms with Crippen LogP contribution in [0.1, 0.15) is 38.3 Å². The molecule has 0 bridgehead atoms. The predicted molar refractivity (Wildman–Crippen MR) is 114 cm³/mol. The Morgan fingerprint density at radius 3 is 2.62 bits per heavy atom. The van der Waals surface area contributed by atoms with Gasteiger partial charge >= 0.3 is 0 Å². The number of aryl methyl sites for hydroxylation is 1. The summed E-state index contributed by atoms with van der Waals surface area (Å²) < 4.78 is 5.29.